The van der Waals surface area contributed by atoms with Crippen LogP contribution >= 0.6 is 11.6 Å². The van der Waals surface area contributed by atoms with Crippen LogP contribution in [0.3, 0.4) is 0 Å². The molecule has 0 atom stereocenters. The maximum Gasteiger partial charge on any atom is 0.239 e. The molecule has 0 saturated heterocycles. The Balaban J connectivity index is 2.44. The lowest BCUT2D eigenvalue weighted by Crippen LogP contribution is -2.39. The molecule has 4 nitrogen and oxygen atoms in total. The second-order valence-corrected chi connectivity index (χ2v) is 4.53. The zero-order valence-corrected chi connectivity index (χ0v) is 11.6. The summed E-state index contributed by atoms with van der Waals surface area (Å²) in [6.07, 6.45) is 1.59. The molecule has 1 N–H and O–H groups in total. The van der Waals surface area contributed by atoms with Crippen LogP contribution in [0.2, 0.25) is 5.02 Å². The number of benzene rings is 1. The largest absolute Gasteiger partial charge is 0.350 e. The molecule has 0 aliphatic carbocycles. The Morgan fingerprint density at radius 3 is 2.53 bits per heavy atom. The monoisotopic (exact) mass is 280 g/mol. The molecule has 102 valence electrons. The van der Waals surface area contributed by atoms with E-state index in [-0.39, 0.29) is 18.4 Å². The number of carbonyl (C=O) groups is 2. The molecule has 1 aromatic carbocycles. The first-order valence-electron chi connectivity index (χ1n) is 5.90. The number of hydrogen-bond acceptors (Lipinski definition) is 2. The number of nitrogens with zero attached hydrogens (tertiary/aromatic N) is 1. The maximum atomic E-state index is 11.7. The van der Waals surface area contributed by atoms with Gasteiger partial charge in [-0.25, -0.2) is 0 Å². The van der Waals surface area contributed by atoms with E-state index in [2.05, 4.69) is 11.9 Å². The summed E-state index contributed by atoms with van der Waals surface area (Å²) >= 11 is 5.77. The molecule has 0 aliphatic rings. The molecule has 0 aliphatic heterocycles. The van der Waals surface area contributed by atoms with E-state index in [1.165, 1.54) is 11.8 Å². The van der Waals surface area contributed by atoms with Crippen molar-refractivity contribution in [3.63, 3.8) is 0 Å². The topological polar surface area (TPSA) is 49.4 Å². The van der Waals surface area contributed by atoms with Crippen molar-refractivity contribution in [1.82, 2.24) is 10.2 Å². The van der Waals surface area contributed by atoms with E-state index < -0.39 is 0 Å². The fourth-order valence-corrected chi connectivity index (χ4v) is 1.62. The van der Waals surface area contributed by atoms with E-state index in [0.717, 1.165) is 5.56 Å². The van der Waals surface area contributed by atoms with Gasteiger partial charge in [-0.15, -0.1) is 6.58 Å². The molecule has 5 heteroatoms. The molecule has 0 bridgehead atoms. The molecular weight excluding hydrogens is 264 g/mol. The number of halogens is 1. The summed E-state index contributed by atoms with van der Waals surface area (Å²) in [5.41, 5.74) is 0.954. The molecule has 0 saturated carbocycles. The summed E-state index contributed by atoms with van der Waals surface area (Å²) in [5, 5.41) is 3.41. The minimum absolute atomic E-state index is 0.0366. The van der Waals surface area contributed by atoms with Crippen LogP contribution in [0.15, 0.2) is 36.9 Å². The SMILES string of the molecule is C=CCN(CC(=O)NCc1ccc(Cl)cc1)C(C)=O. The first-order chi connectivity index (χ1) is 9.02. The Hall–Kier alpha value is -1.81. The molecule has 2 amide bonds. The van der Waals surface area contributed by atoms with Crippen LogP contribution in [-0.2, 0) is 16.1 Å². The van der Waals surface area contributed by atoms with Gasteiger partial charge in [0.05, 0.1) is 6.54 Å². The van der Waals surface area contributed by atoms with Gasteiger partial charge in [0.15, 0.2) is 0 Å². The summed E-state index contributed by atoms with van der Waals surface area (Å²) in [4.78, 5) is 24.4. The van der Waals surface area contributed by atoms with Crippen LogP contribution < -0.4 is 5.32 Å². The van der Waals surface area contributed by atoms with Crippen LogP contribution in [0.25, 0.3) is 0 Å². The lowest BCUT2D eigenvalue weighted by atomic mass is 10.2. The fourth-order valence-electron chi connectivity index (χ4n) is 1.49. The van der Waals surface area contributed by atoms with E-state index in [1.807, 2.05) is 12.1 Å². The van der Waals surface area contributed by atoms with E-state index >= 15 is 0 Å². The molecule has 1 aromatic rings. The van der Waals surface area contributed by atoms with Gasteiger partial charge in [-0.2, -0.15) is 0 Å². The molecule has 19 heavy (non-hydrogen) atoms. The lowest BCUT2D eigenvalue weighted by molar-refractivity contribution is -0.133. The molecule has 0 fully saturated rings. The minimum atomic E-state index is -0.202. The van der Waals surface area contributed by atoms with Crippen LogP contribution in [-0.4, -0.2) is 29.8 Å². The van der Waals surface area contributed by atoms with Crippen molar-refractivity contribution in [2.45, 2.75) is 13.5 Å². The Labute approximate surface area is 118 Å². The third-order valence-electron chi connectivity index (χ3n) is 2.53. The lowest BCUT2D eigenvalue weighted by Gasteiger charge is -2.18. The van der Waals surface area contributed by atoms with Crippen LogP contribution in [0, 0.1) is 0 Å². The first-order valence-corrected chi connectivity index (χ1v) is 6.28. The Morgan fingerprint density at radius 1 is 1.37 bits per heavy atom. The Bertz CT molecular complexity index is 457. The van der Waals surface area contributed by atoms with Gasteiger partial charge in [0.1, 0.15) is 0 Å². The number of hydrogen-bond donors (Lipinski definition) is 1. The second kappa shape index (κ2) is 7.59. The summed E-state index contributed by atoms with van der Waals surface area (Å²) in [5.74, 6) is -0.353. The summed E-state index contributed by atoms with van der Waals surface area (Å²) in [6.45, 7) is 5.79. The van der Waals surface area contributed by atoms with Crippen LogP contribution in [0.4, 0.5) is 0 Å². The Morgan fingerprint density at radius 2 is 2.00 bits per heavy atom. The maximum absolute atomic E-state index is 11.7. The van der Waals surface area contributed by atoms with E-state index in [1.54, 1.807) is 18.2 Å². The molecule has 1 rings (SSSR count). The van der Waals surface area contributed by atoms with E-state index in [4.69, 9.17) is 11.6 Å². The van der Waals surface area contributed by atoms with Gasteiger partial charge in [-0.3, -0.25) is 9.59 Å². The molecule has 0 unspecified atom stereocenters. The number of amides is 2. The summed E-state index contributed by atoms with van der Waals surface area (Å²) < 4.78 is 0. The van der Waals surface area contributed by atoms with Crippen molar-refractivity contribution in [1.29, 1.82) is 0 Å². The normalized spacial score (nSPS) is 9.79. The molecule has 0 aromatic heterocycles. The van der Waals surface area contributed by atoms with Crippen molar-refractivity contribution in [2.24, 2.45) is 0 Å². The van der Waals surface area contributed by atoms with Gasteiger partial charge in [-0.1, -0.05) is 29.8 Å². The molecule has 0 heterocycles. The third kappa shape index (κ3) is 5.57. The van der Waals surface area contributed by atoms with Gasteiger partial charge in [0, 0.05) is 25.0 Å². The van der Waals surface area contributed by atoms with Crippen molar-refractivity contribution in [3.05, 3.63) is 47.5 Å². The highest BCUT2D eigenvalue weighted by Crippen LogP contribution is 2.09. The van der Waals surface area contributed by atoms with Gasteiger partial charge in [0.25, 0.3) is 0 Å². The zero-order chi connectivity index (χ0) is 14.3. The highest BCUT2D eigenvalue weighted by Gasteiger charge is 2.11. The van der Waals surface area contributed by atoms with Gasteiger partial charge in [-0.05, 0) is 17.7 Å². The van der Waals surface area contributed by atoms with Gasteiger partial charge >= 0.3 is 0 Å². The number of carbonyl (C=O) groups excluding carboxylic acids is 2. The van der Waals surface area contributed by atoms with Crippen molar-refractivity contribution < 1.29 is 9.59 Å². The molecule has 0 spiro atoms. The fraction of sp³-hybridized carbons (Fsp3) is 0.286. The highest BCUT2D eigenvalue weighted by atomic mass is 35.5. The predicted octanol–water partition coefficient (Wildman–Crippen LogP) is 1.99. The average molecular weight is 281 g/mol. The van der Waals surface area contributed by atoms with Crippen LogP contribution in [0.1, 0.15) is 12.5 Å². The van der Waals surface area contributed by atoms with E-state index in [9.17, 15) is 9.59 Å². The Kier molecular flexibility index (Phi) is 6.09. The highest BCUT2D eigenvalue weighted by molar-refractivity contribution is 6.30. The van der Waals surface area contributed by atoms with Gasteiger partial charge in [0.2, 0.25) is 11.8 Å². The standard InChI is InChI=1S/C14H17ClN2O2/c1-3-8-17(11(2)18)10-14(19)16-9-12-4-6-13(15)7-5-12/h3-7H,1,8-10H2,2H3,(H,16,19). The zero-order valence-electron chi connectivity index (χ0n) is 10.9. The average Bonchev–Trinajstić information content (AvgIpc) is 2.37. The summed E-state index contributed by atoms with van der Waals surface area (Å²) in [7, 11) is 0. The van der Waals surface area contributed by atoms with Crippen molar-refractivity contribution >= 4 is 23.4 Å². The van der Waals surface area contributed by atoms with Crippen LogP contribution in [0.5, 0.6) is 0 Å². The number of nitrogens with one attached hydrogen (secondary N) is 1. The van der Waals surface area contributed by atoms with Crippen molar-refractivity contribution in [2.75, 3.05) is 13.1 Å². The van der Waals surface area contributed by atoms with Gasteiger partial charge < -0.3 is 10.2 Å². The first kappa shape index (κ1) is 15.2. The predicted molar refractivity (Wildman–Crippen MR) is 75.7 cm³/mol. The molecule has 0 radical (unpaired) electrons. The second-order valence-electron chi connectivity index (χ2n) is 4.09. The smallest absolute Gasteiger partial charge is 0.239 e. The molecular formula is C14H17ClN2O2. The third-order valence-corrected chi connectivity index (χ3v) is 2.78. The quantitative estimate of drug-likeness (QED) is 0.810. The van der Waals surface area contributed by atoms with E-state index in [0.29, 0.717) is 18.1 Å². The summed E-state index contributed by atoms with van der Waals surface area (Å²) in [6, 6.07) is 7.22. The van der Waals surface area contributed by atoms with Crippen molar-refractivity contribution in [3.8, 4) is 0 Å². The minimum Gasteiger partial charge on any atom is -0.350 e. The number of rotatable bonds is 6.